The molecule has 2 unspecified atom stereocenters. The van der Waals surface area contributed by atoms with E-state index in [1.165, 1.54) is 25.7 Å². The van der Waals surface area contributed by atoms with E-state index >= 15 is 0 Å². The molecule has 0 bridgehead atoms. The third-order valence-electron chi connectivity index (χ3n) is 3.68. The zero-order valence-corrected chi connectivity index (χ0v) is 13.3. The van der Waals surface area contributed by atoms with E-state index in [1.54, 1.807) is 7.11 Å². The number of methoxy groups -OCH3 is 1. The van der Waals surface area contributed by atoms with E-state index in [0.717, 1.165) is 18.9 Å². The minimum Gasteiger partial charge on any atom is -0.383 e. The number of nitrogens with zero attached hydrogens (tertiary/aromatic N) is 4. The fourth-order valence-electron chi connectivity index (χ4n) is 2.28. The van der Waals surface area contributed by atoms with Crippen molar-refractivity contribution in [3.8, 4) is 0 Å². The minimum absolute atomic E-state index is 0.142. The normalized spacial score (nSPS) is 14.4. The van der Waals surface area contributed by atoms with Gasteiger partial charge >= 0.3 is 0 Å². The van der Waals surface area contributed by atoms with Gasteiger partial charge in [-0.1, -0.05) is 33.1 Å². The summed E-state index contributed by atoms with van der Waals surface area (Å²) in [5.74, 6) is 1.57. The Labute approximate surface area is 122 Å². The lowest BCUT2D eigenvalue weighted by Crippen LogP contribution is -2.26. The molecule has 1 heterocycles. The molecule has 0 aliphatic carbocycles. The summed E-state index contributed by atoms with van der Waals surface area (Å²) in [7, 11) is 1.70. The monoisotopic (exact) mass is 283 g/mol. The topological polar surface area (TPSA) is 64.9 Å². The molecule has 20 heavy (non-hydrogen) atoms. The fourth-order valence-corrected chi connectivity index (χ4v) is 2.28. The van der Waals surface area contributed by atoms with Gasteiger partial charge in [0.05, 0.1) is 12.6 Å². The molecule has 6 nitrogen and oxygen atoms in total. The lowest BCUT2D eigenvalue weighted by Gasteiger charge is -2.17. The largest absolute Gasteiger partial charge is 0.383 e. The molecule has 0 aliphatic heterocycles. The molecule has 0 radical (unpaired) electrons. The van der Waals surface area contributed by atoms with Crippen LogP contribution in [0.1, 0.15) is 58.3 Å². The summed E-state index contributed by atoms with van der Waals surface area (Å²) in [4.78, 5) is 0. The molecule has 0 saturated heterocycles. The molecule has 0 saturated carbocycles. The van der Waals surface area contributed by atoms with Crippen LogP contribution < -0.4 is 5.32 Å². The maximum Gasteiger partial charge on any atom is 0.167 e. The molecule has 1 aromatic heterocycles. The number of hydrogen-bond acceptors (Lipinski definition) is 5. The molecule has 0 fully saturated rings. The van der Waals surface area contributed by atoms with Gasteiger partial charge in [-0.05, 0) is 29.7 Å². The van der Waals surface area contributed by atoms with Gasteiger partial charge in [0.25, 0.3) is 0 Å². The van der Waals surface area contributed by atoms with Crippen molar-refractivity contribution < 1.29 is 4.74 Å². The van der Waals surface area contributed by atoms with Gasteiger partial charge in [-0.25, -0.2) is 4.68 Å². The van der Waals surface area contributed by atoms with Gasteiger partial charge in [-0.15, -0.1) is 5.10 Å². The number of tetrazole rings is 1. The van der Waals surface area contributed by atoms with Gasteiger partial charge in [-0.2, -0.15) is 0 Å². The van der Waals surface area contributed by atoms with Crippen LogP contribution in [-0.2, 0) is 11.3 Å². The highest BCUT2D eigenvalue weighted by atomic mass is 16.5. The number of unbranched alkanes of at least 4 members (excludes halogenated alkanes) is 1. The number of hydrogen-bond donors (Lipinski definition) is 1. The number of nitrogens with one attached hydrogen (secondary N) is 1. The van der Waals surface area contributed by atoms with E-state index in [9.17, 15) is 0 Å². The average Bonchev–Trinajstić information content (AvgIpc) is 2.91. The summed E-state index contributed by atoms with van der Waals surface area (Å²) < 4.78 is 7.00. The van der Waals surface area contributed by atoms with E-state index in [4.69, 9.17) is 4.74 Å². The van der Waals surface area contributed by atoms with E-state index in [0.29, 0.717) is 12.5 Å². The van der Waals surface area contributed by atoms with E-state index in [-0.39, 0.29) is 6.04 Å². The highest BCUT2D eigenvalue weighted by molar-refractivity contribution is 4.89. The molecular weight excluding hydrogens is 254 g/mol. The Bertz CT molecular complexity index is 355. The van der Waals surface area contributed by atoms with Crippen molar-refractivity contribution in [2.24, 2.45) is 5.92 Å². The molecule has 116 valence electrons. The van der Waals surface area contributed by atoms with Gasteiger partial charge in [0, 0.05) is 20.2 Å². The SMILES string of the molecule is CCCCC(CC)Cn1nnnc1C(C)NCCOC. The lowest BCUT2D eigenvalue weighted by molar-refractivity contribution is 0.195. The molecular formula is C14H29N5O. The Morgan fingerprint density at radius 2 is 2.15 bits per heavy atom. The van der Waals surface area contributed by atoms with Crippen LogP contribution in [0.3, 0.4) is 0 Å². The first kappa shape index (κ1) is 17.0. The quantitative estimate of drug-likeness (QED) is 0.631. The van der Waals surface area contributed by atoms with Crippen molar-refractivity contribution in [1.29, 1.82) is 0 Å². The first-order chi connectivity index (χ1) is 9.72. The van der Waals surface area contributed by atoms with Gasteiger partial charge in [0.1, 0.15) is 0 Å². The highest BCUT2D eigenvalue weighted by Gasteiger charge is 2.16. The van der Waals surface area contributed by atoms with Gasteiger partial charge in [0.2, 0.25) is 0 Å². The molecule has 6 heteroatoms. The first-order valence-corrected chi connectivity index (χ1v) is 7.71. The average molecular weight is 283 g/mol. The fraction of sp³-hybridized carbons (Fsp3) is 0.929. The van der Waals surface area contributed by atoms with Crippen molar-refractivity contribution in [2.45, 2.75) is 59.0 Å². The van der Waals surface area contributed by atoms with Gasteiger partial charge in [-0.3, -0.25) is 0 Å². The van der Waals surface area contributed by atoms with Crippen molar-refractivity contribution >= 4 is 0 Å². The van der Waals surface area contributed by atoms with Crippen LogP contribution in [0.2, 0.25) is 0 Å². The van der Waals surface area contributed by atoms with E-state index in [2.05, 4.69) is 41.6 Å². The van der Waals surface area contributed by atoms with Crippen LogP contribution in [0, 0.1) is 5.92 Å². The number of aromatic nitrogens is 4. The summed E-state index contributed by atoms with van der Waals surface area (Å²) in [6, 6.07) is 0.142. The second kappa shape index (κ2) is 9.83. The van der Waals surface area contributed by atoms with Gasteiger partial charge in [0.15, 0.2) is 5.82 Å². The van der Waals surface area contributed by atoms with Crippen molar-refractivity contribution in [3.63, 3.8) is 0 Å². The molecule has 1 aromatic rings. The third kappa shape index (κ3) is 5.54. The van der Waals surface area contributed by atoms with Crippen molar-refractivity contribution in [2.75, 3.05) is 20.3 Å². The Hall–Kier alpha value is -1.01. The van der Waals surface area contributed by atoms with E-state index < -0.39 is 0 Å². The van der Waals surface area contributed by atoms with Crippen LogP contribution >= 0.6 is 0 Å². The highest BCUT2D eigenvalue weighted by Crippen LogP contribution is 2.16. The summed E-state index contributed by atoms with van der Waals surface area (Å²) in [6.45, 7) is 8.97. The molecule has 0 aliphatic rings. The molecule has 1 rings (SSSR count). The Morgan fingerprint density at radius 3 is 2.80 bits per heavy atom. The number of rotatable bonds is 11. The zero-order valence-electron chi connectivity index (χ0n) is 13.3. The molecule has 0 spiro atoms. The van der Waals surface area contributed by atoms with Crippen LogP contribution in [0.5, 0.6) is 0 Å². The Morgan fingerprint density at radius 1 is 1.35 bits per heavy atom. The molecule has 2 atom stereocenters. The van der Waals surface area contributed by atoms with Crippen molar-refractivity contribution in [3.05, 3.63) is 5.82 Å². The summed E-state index contributed by atoms with van der Waals surface area (Å²) in [6.07, 6.45) is 4.94. The second-order valence-corrected chi connectivity index (χ2v) is 5.30. The number of ether oxygens (including phenoxy) is 1. The first-order valence-electron chi connectivity index (χ1n) is 7.71. The zero-order chi connectivity index (χ0) is 14.8. The van der Waals surface area contributed by atoms with Crippen LogP contribution in [0.15, 0.2) is 0 Å². The van der Waals surface area contributed by atoms with Crippen molar-refractivity contribution in [1.82, 2.24) is 25.5 Å². The summed E-state index contributed by atoms with van der Waals surface area (Å²) in [5.41, 5.74) is 0. The smallest absolute Gasteiger partial charge is 0.167 e. The predicted molar refractivity (Wildman–Crippen MR) is 79.4 cm³/mol. The molecule has 0 amide bonds. The Balaban J connectivity index is 2.55. The predicted octanol–water partition coefficient (Wildman–Crippen LogP) is 2.19. The van der Waals surface area contributed by atoms with Crippen LogP contribution in [0.25, 0.3) is 0 Å². The maximum absolute atomic E-state index is 5.05. The minimum atomic E-state index is 0.142. The van der Waals surface area contributed by atoms with E-state index in [1.807, 2.05) is 4.68 Å². The second-order valence-electron chi connectivity index (χ2n) is 5.30. The molecule has 1 N–H and O–H groups in total. The van der Waals surface area contributed by atoms with Crippen LogP contribution in [-0.4, -0.2) is 40.5 Å². The summed E-state index contributed by atoms with van der Waals surface area (Å²) in [5, 5.41) is 15.5. The summed E-state index contributed by atoms with van der Waals surface area (Å²) >= 11 is 0. The standard InChI is InChI=1S/C14H29N5O/c1-5-7-8-13(6-2)11-19-14(16-17-18-19)12(3)15-9-10-20-4/h12-13,15H,5-11H2,1-4H3. The Kier molecular flexibility index (Phi) is 8.37. The maximum atomic E-state index is 5.05. The van der Waals surface area contributed by atoms with Crippen LogP contribution in [0.4, 0.5) is 0 Å². The third-order valence-corrected chi connectivity index (χ3v) is 3.68. The molecule has 0 aromatic carbocycles. The van der Waals surface area contributed by atoms with Gasteiger partial charge < -0.3 is 10.1 Å². The lowest BCUT2D eigenvalue weighted by atomic mass is 9.99.